The number of halogens is 1. The highest BCUT2D eigenvalue weighted by molar-refractivity contribution is 14.1. The maximum absolute atomic E-state index is 5.78. The second-order valence-corrected chi connectivity index (χ2v) is 5.34. The minimum atomic E-state index is 0.488. The first-order chi connectivity index (χ1) is 9.29. The van der Waals surface area contributed by atoms with Crippen LogP contribution in [0.25, 0.3) is 0 Å². The number of benzene rings is 1. The summed E-state index contributed by atoms with van der Waals surface area (Å²) >= 11 is 2.27. The van der Waals surface area contributed by atoms with Crippen LogP contribution in [0.4, 0.5) is 5.69 Å². The zero-order valence-electron chi connectivity index (χ0n) is 10.9. The van der Waals surface area contributed by atoms with Crippen molar-refractivity contribution in [3.63, 3.8) is 0 Å². The lowest BCUT2D eigenvalue weighted by molar-refractivity contribution is 0.299. The van der Waals surface area contributed by atoms with Gasteiger partial charge in [0.2, 0.25) is 0 Å². The summed E-state index contributed by atoms with van der Waals surface area (Å²) in [4.78, 5) is 4.32. The van der Waals surface area contributed by atoms with Gasteiger partial charge >= 0.3 is 0 Å². The van der Waals surface area contributed by atoms with Gasteiger partial charge in [-0.05, 0) is 53.3 Å². The number of pyridine rings is 1. The molecule has 0 aliphatic heterocycles. The summed E-state index contributed by atoms with van der Waals surface area (Å²) in [5, 5.41) is 3.35. The molecule has 19 heavy (non-hydrogen) atoms. The zero-order valence-corrected chi connectivity index (χ0v) is 13.1. The van der Waals surface area contributed by atoms with Crippen LogP contribution in [-0.4, -0.2) is 11.5 Å². The lowest BCUT2D eigenvalue weighted by Gasteiger charge is -2.09. The van der Waals surface area contributed by atoms with Gasteiger partial charge in [-0.1, -0.05) is 19.1 Å². The van der Waals surface area contributed by atoms with Crippen LogP contribution in [0.3, 0.4) is 0 Å². The summed E-state index contributed by atoms with van der Waals surface area (Å²) in [5.74, 6) is 0.900. The molecule has 1 heterocycles. The average Bonchev–Trinajstić information content (AvgIpc) is 2.45. The molecule has 0 unspecified atom stereocenters. The molecule has 0 bridgehead atoms. The van der Waals surface area contributed by atoms with Crippen molar-refractivity contribution in [2.45, 2.75) is 20.0 Å². The van der Waals surface area contributed by atoms with E-state index in [-0.39, 0.29) is 0 Å². The number of nitrogens with zero attached hydrogens (tertiary/aromatic N) is 1. The first-order valence-corrected chi connectivity index (χ1v) is 7.43. The van der Waals surface area contributed by atoms with E-state index in [1.165, 1.54) is 0 Å². The number of nitrogens with one attached hydrogen (secondary N) is 1. The summed E-state index contributed by atoms with van der Waals surface area (Å²) in [5.41, 5.74) is 2.03. The molecule has 0 radical (unpaired) electrons. The Morgan fingerprint density at radius 1 is 1.26 bits per heavy atom. The number of hydrogen-bond acceptors (Lipinski definition) is 3. The lowest BCUT2D eigenvalue weighted by Crippen LogP contribution is -2.03. The molecule has 0 saturated heterocycles. The first kappa shape index (κ1) is 14.1. The number of hydrogen-bond donors (Lipinski definition) is 1. The van der Waals surface area contributed by atoms with E-state index in [4.69, 9.17) is 4.74 Å². The Labute approximate surface area is 127 Å². The van der Waals surface area contributed by atoms with Gasteiger partial charge in [0.05, 0.1) is 9.26 Å². The molecular weight excluding hydrogens is 351 g/mol. The van der Waals surface area contributed by atoms with Gasteiger partial charge in [0.15, 0.2) is 0 Å². The maximum atomic E-state index is 5.78. The van der Waals surface area contributed by atoms with Gasteiger partial charge in [0.25, 0.3) is 0 Å². The normalized spacial score (nSPS) is 10.2. The summed E-state index contributed by atoms with van der Waals surface area (Å²) in [6.07, 6.45) is 2.92. The molecule has 2 rings (SSSR count). The molecule has 1 aromatic heterocycles. The molecule has 0 atom stereocenters. The maximum Gasteiger partial charge on any atom is 0.133 e. The van der Waals surface area contributed by atoms with E-state index >= 15 is 0 Å². The van der Waals surface area contributed by atoms with Crippen LogP contribution < -0.4 is 10.1 Å². The Kier molecular flexibility index (Phi) is 5.44. The topological polar surface area (TPSA) is 34.2 Å². The molecule has 0 aliphatic carbocycles. The highest BCUT2D eigenvalue weighted by Gasteiger charge is 2.01. The Bertz CT molecular complexity index is 531. The van der Waals surface area contributed by atoms with Crippen molar-refractivity contribution in [3.8, 4) is 5.75 Å². The summed E-state index contributed by atoms with van der Waals surface area (Å²) in [6.45, 7) is 3.61. The monoisotopic (exact) mass is 368 g/mol. The highest BCUT2D eigenvalue weighted by Crippen LogP contribution is 2.20. The molecule has 0 amide bonds. The number of aromatic nitrogens is 1. The van der Waals surface area contributed by atoms with Crippen LogP contribution in [0.5, 0.6) is 5.75 Å². The van der Waals surface area contributed by atoms with Crippen molar-refractivity contribution >= 4 is 28.3 Å². The van der Waals surface area contributed by atoms with Crippen LogP contribution in [0.1, 0.15) is 19.0 Å². The second kappa shape index (κ2) is 7.33. The van der Waals surface area contributed by atoms with Crippen LogP contribution in [0.2, 0.25) is 0 Å². The highest BCUT2D eigenvalue weighted by atomic mass is 127. The Balaban J connectivity index is 1.98. The van der Waals surface area contributed by atoms with Gasteiger partial charge in [-0.15, -0.1) is 0 Å². The molecule has 0 aliphatic rings. The number of ether oxygens (including phenoxy) is 1. The van der Waals surface area contributed by atoms with Crippen molar-refractivity contribution in [2.75, 3.05) is 11.9 Å². The van der Waals surface area contributed by atoms with Gasteiger partial charge in [0.1, 0.15) is 12.4 Å². The van der Waals surface area contributed by atoms with Gasteiger partial charge in [-0.2, -0.15) is 0 Å². The van der Waals surface area contributed by atoms with Crippen molar-refractivity contribution in [1.29, 1.82) is 0 Å². The van der Waals surface area contributed by atoms with Gasteiger partial charge in [0, 0.05) is 18.4 Å². The second-order valence-electron chi connectivity index (χ2n) is 4.18. The third-order valence-electron chi connectivity index (χ3n) is 2.61. The van der Waals surface area contributed by atoms with Gasteiger partial charge in [-0.25, -0.2) is 0 Å². The molecule has 3 nitrogen and oxygen atoms in total. The Hall–Kier alpha value is -1.30. The molecule has 4 heteroatoms. The number of para-hydroxylation sites is 1. The van der Waals surface area contributed by atoms with E-state index in [2.05, 4.69) is 39.8 Å². The molecule has 0 fully saturated rings. The third-order valence-corrected chi connectivity index (χ3v) is 3.50. The molecule has 1 aromatic carbocycles. The van der Waals surface area contributed by atoms with Gasteiger partial charge < -0.3 is 10.1 Å². The van der Waals surface area contributed by atoms with Crippen molar-refractivity contribution in [2.24, 2.45) is 0 Å². The van der Waals surface area contributed by atoms with E-state index in [1.54, 1.807) is 0 Å². The third kappa shape index (κ3) is 4.38. The van der Waals surface area contributed by atoms with E-state index in [9.17, 15) is 0 Å². The SMILES string of the molecule is CCCNc1ccnc(COc2ccccc2I)c1. The fourth-order valence-corrected chi connectivity index (χ4v) is 2.19. The fourth-order valence-electron chi connectivity index (χ4n) is 1.65. The van der Waals surface area contributed by atoms with Crippen LogP contribution >= 0.6 is 22.6 Å². The zero-order chi connectivity index (χ0) is 13.5. The van der Waals surface area contributed by atoms with Crippen LogP contribution in [0.15, 0.2) is 42.6 Å². The first-order valence-electron chi connectivity index (χ1n) is 6.35. The standard InChI is InChI=1S/C15H17IN2O/c1-2-8-17-12-7-9-18-13(10-12)11-19-15-6-4-3-5-14(15)16/h3-7,9-10H,2,8,11H2,1H3,(H,17,18). The molecule has 1 N–H and O–H groups in total. The minimum absolute atomic E-state index is 0.488. The molecule has 0 spiro atoms. The van der Waals surface area contributed by atoms with Crippen molar-refractivity contribution in [3.05, 3.63) is 51.9 Å². The Morgan fingerprint density at radius 3 is 2.89 bits per heavy atom. The van der Waals surface area contributed by atoms with Crippen LogP contribution in [-0.2, 0) is 6.61 Å². The quantitative estimate of drug-likeness (QED) is 0.780. The smallest absolute Gasteiger partial charge is 0.133 e. The summed E-state index contributed by atoms with van der Waals surface area (Å²) in [6, 6.07) is 12.0. The molecule has 100 valence electrons. The fraction of sp³-hybridized carbons (Fsp3) is 0.267. The van der Waals surface area contributed by atoms with Crippen LogP contribution in [0, 0.1) is 3.57 Å². The average molecular weight is 368 g/mol. The summed E-state index contributed by atoms with van der Waals surface area (Å²) in [7, 11) is 0. The van der Waals surface area contributed by atoms with E-state index in [0.717, 1.165) is 33.7 Å². The van der Waals surface area contributed by atoms with Crippen molar-refractivity contribution < 1.29 is 4.74 Å². The van der Waals surface area contributed by atoms with E-state index < -0.39 is 0 Å². The molecule has 0 saturated carbocycles. The largest absolute Gasteiger partial charge is 0.486 e. The minimum Gasteiger partial charge on any atom is -0.486 e. The van der Waals surface area contributed by atoms with E-state index in [0.29, 0.717) is 6.61 Å². The number of rotatable bonds is 6. The molecule has 2 aromatic rings. The predicted molar refractivity (Wildman–Crippen MR) is 86.5 cm³/mol. The van der Waals surface area contributed by atoms with Crippen molar-refractivity contribution in [1.82, 2.24) is 4.98 Å². The summed E-state index contributed by atoms with van der Waals surface area (Å²) < 4.78 is 6.90. The number of anilines is 1. The Morgan fingerprint density at radius 2 is 2.11 bits per heavy atom. The van der Waals surface area contributed by atoms with E-state index in [1.807, 2.05) is 42.6 Å². The van der Waals surface area contributed by atoms with Gasteiger partial charge in [-0.3, -0.25) is 4.98 Å². The lowest BCUT2D eigenvalue weighted by atomic mass is 10.3. The molecular formula is C15H17IN2O. The predicted octanol–water partition coefficient (Wildman–Crippen LogP) is 4.09.